The van der Waals surface area contributed by atoms with Crippen molar-refractivity contribution in [2.75, 3.05) is 13.1 Å². The van der Waals surface area contributed by atoms with Crippen LogP contribution in [-0.2, 0) is 4.79 Å². The quantitative estimate of drug-likeness (QED) is 0.792. The van der Waals surface area contributed by atoms with E-state index in [4.69, 9.17) is 4.74 Å². The molecule has 1 saturated heterocycles. The number of amides is 1. The average Bonchev–Trinajstić information content (AvgIpc) is 3.08. The number of thiazole rings is 1. The Hall–Kier alpha value is -1.36. The molecular formula is C14H16N2O2S. The molecule has 2 fully saturated rings. The number of nitrogens with zero attached hydrogens (tertiary/aromatic N) is 2. The summed E-state index contributed by atoms with van der Waals surface area (Å²) in [5.74, 6) is 1.71. The molecule has 1 saturated carbocycles. The molecule has 0 N–H and O–H groups in total. The second-order valence-electron chi connectivity index (χ2n) is 5.67. The Kier molecular flexibility index (Phi) is 2.62. The Morgan fingerprint density at radius 2 is 2.26 bits per heavy atom. The number of hydrogen-bond donors (Lipinski definition) is 0. The molecule has 0 spiro atoms. The van der Waals surface area contributed by atoms with Crippen molar-refractivity contribution in [2.24, 2.45) is 17.8 Å². The first-order valence-electron chi connectivity index (χ1n) is 6.83. The van der Waals surface area contributed by atoms with E-state index in [1.54, 1.807) is 6.20 Å². The van der Waals surface area contributed by atoms with Crippen molar-refractivity contribution in [3.63, 3.8) is 0 Å². The molecule has 3 atom stereocenters. The molecule has 2 aliphatic carbocycles. The molecule has 3 unspecified atom stereocenters. The summed E-state index contributed by atoms with van der Waals surface area (Å²) in [5.41, 5.74) is 0. The van der Waals surface area contributed by atoms with Gasteiger partial charge >= 0.3 is 0 Å². The van der Waals surface area contributed by atoms with Gasteiger partial charge in [0, 0.05) is 17.5 Å². The molecule has 0 aromatic carbocycles. The van der Waals surface area contributed by atoms with Gasteiger partial charge in [0.2, 0.25) is 5.91 Å². The maximum Gasteiger partial charge on any atom is 0.273 e. The topological polar surface area (TPSA) is 42.4 Å². The summed E-state index contributed by atoms with van der Waals surface area (Å²) in [7, 11) is 0. The van der Waals surface area contributed by atoms with Crippen LogP contribution >= 0.6 is 11.3 Å². The Labute approximate surface area is 116 Å². The first-order chi connectivity index (χ1) is 9.29. The van der Waals surface area contributed by atoms with Gasteiger partial charge < -0.3 is 9.64 Å². The van der Waals surface area contributed by atoms with Crippen molar-refractivity contribution < 1.29 is 9.53 Å². The van der Waals surface area contributed by atoms with Crippen LogP contribution in [0, 0.1) is 17.8 Å². The average molecular weight is 276 g/mol. The number of hydrogen-bond acceptors (Lipinski definition) is 4. The highest BCUT2D eigenvalue weighted by Crippen LogP contribution is 2.44. The van der Waals surface area contributed by atoms with Crippen molar-refractivity contribution in [1.29, 1.82) is 0 Å². The molecule has 100 valence electrons. The Bertz CT molecular complexity index is 508. The zero-order valence-corrected chi connectivity index (χ0v) is 11.4. The highest BCUT2D eigenvalue weighted by molar-refractivity contribution is 7.11. The maximum atomic E-state index is 12.4. The van der Waals surface area contributed by atoms with Crippen molar-refractivity contribution >= 4 is 17.2 Å². The van der Waals surface area contributed by atoms with Gasteiger partial charge in [0.1, 0.15) is 6.10 Å². The first kappa shape index (κ1) is 11.5. The van der Waals surface area contributed by atoms with Crippen LogP contribution in [-0.4, -0.2) is 35.0 Å². The Balaban J connectivity index is 1.31. The SMILES string of the molecule is O=C(C1CC2C=CC1C2)N1CC(Oc2nccs2)C1. The standard InChI is InChI=1S/C14H16N2O2S/c17-13(12-6-9-1-2-10(12)5-9)16-7-11(8-16)18-14-15-3-4-19-14/h1-4,9-12H,5-8H2. The lowest BCUT2D eigenvalue weighted by Gasteiger charge is -2.40. The minimum atomic E-state index is 0.129. The molecule has 2 bridgehead atoms. The summed E-state index contributed by atoms with van der Waals surface area (Å²) < 4.78 is 5.69. The van der Waals surface area contributed by atoms with E-state index in [0.717, 1.165) is 19.5 Å². The van der Waals surface area contributed by atoms with Crippen LogP contribution in [0.15, 0.2) is 23.7 Å². The minimum absolute atomic E-state index is 0.129. The fourth-order valence-electron chi connectivity index (χ4n) is 3.40. The molecule has 4 rings (SSSR count). The van der Waals surface area contributed by atoms with E-state index >= 15 is 0 Å². The van der Waals surface area contributed by atoms with E-state index in [0.29, 0.717) is 22.9 Å². The molecule has 0 radical (unpaired) electrons. The summed E-state index contributed by atoms with van der Waals surface area (Å²) in [5, 5.41) is 2.61. The van der Waals surface area contributed by atoms with Crippen molar-refractivity contribution in [2.45, 2.75) is 18.9 Å². The highest BCUT2D eigenvalue weighted by Gasteiger charge is 2.44. The molecule has 19 heavy (non-hydrogen) atoms. The molecule has 3 aliphatic rings. The van der Waals surface area contributed by atoms with Crippen LogP contribution in [0.2, 0.25) is 0 Å². The summed E-state index contributed by atoms with van der Waals surface area (Å²) in [4.78, 5) is 18.4. The molecule has 1 aromatic rings. The lowest BCUT2D eigenvalue weighted by molar-refractivity contribution is -0.145. The second-order valence-corrected chi connectivity index (χ2v) is 6.52. The zero-order chi connectivity index (χ0) is 12.8. The van der Waals surface area contributed by atoms with Gasteiger partial charge in [-0.1, -0.05) is 23.5 Å². The molecule has 1 aliphatic heterocycles. The number of ether oxygens (including phenoxy) is 1. The fourth-order valence-corrected chi connectivity index (χ4v) is 3.95. The van der Waals surface area contributed by atoms with Gasteiger partial charge in [0.25, 0.3) is 5.19 Å². The number of aromatic nitrogens is 1. The highest BCUT2D eigenvalue weighted by atomic mass is 32.1. The Morgan fingerprint density at radius 1 is 1.37 bits per heavy atom. The van der Waals surface area contributed by atoms with Gasteiger partial charge in [-0.2, -0.15) is 0 Å². The van der Waals surface area contributed by atoms with Crippen molar-refractivity contribution in [3.8, 4) is 5.19 Å². The summed E-state index contributed by atoms with van der Waals surface area (Å²) >= 11 is 1.50. The third-order valence-corrected chi connectivity index (χ3v) is 5.09. The van der Waals surface area contributed by atoms with Crippen molar-refractivity contribution in [3.05, 3.63) is 23.7 Å². The van der Waals surface area contributed by atoms with E-state index in [1.807, 2.05) is 10.3 Å². The van der Waals surface area contributed by atoms with Crippen LogP contribution in [0.5, 0.6) is 5.19 Å². The lowest BCUT2D eigenvalue weighted by atomic mass is 9.91. The first-order valence-corrected chi connectivity index (χ1v) is 7.71. The number of carbonyl (C=O) groups is 1. The largest absolute Gasteiger partial charge is 0.463 e. The predicted molar refractivity (Wildman–Crippen MR) is 72.0 cm³/mol. The number of allylic oxidation sites excluding steroid dienone is 2. The summed E-state index contributed by atoms with van der Waals surface area (Å²) in [6.45, 7) is 1.44. The number of rotatable bonds is 3. The van der Waals surface area contributed by atoms with E-state index in [1.165, 1.54) is 17.8 Å². The zero-order valence-electron chi connectivity index (χ0n) is 10.6. The minimum Gasteiger partial charge on any atom is -0.463 e. The third-order valence-electron chi connectivity index (χ3n) is 4.43. The normalized spacial score (nSPS) is 32.6. The van der Waals surface area contributed by atoms with Crippen LogP contribution in [0.25, 0.3) is 0 Å². The monoisotopic (exact) mass is 276 g/mol. The van der Waals surface area contributed by atoms with E-state index < -0.39 is 0 Å². The van der Waals surface area contributed by atoms with Gasteiger partial charge in [0.15, 0.2) is 0 Å². The Morgan fingerprint density at radius 3 is 2.89 bits per heavy atom. The molecule has 1 amide bonds. The lowest BCUT2D eigenvalue weighted by Crippen LogP contribution is -2.58. The fraction of sp³-hybridized carbons (Fsp3) is 0.571. The predicted octanol–water partition coefficient (Wildman–Crippen LogP) is 1.94. The number of likely N-dealkylation sites (tertiary alicyclic amines) is 1. The second kappa shape index (κ2) is 4.34. The van der Waals surface area contributed by atoms with Crippen LogP contribution in [0.1, 0.15) is 12.8 Å². The van der Waals surface area contributed by atoms with Gasteiger partial charge in [-0.3, -0.25) is 4.79 Å². The summed E-state index contributed by atoms with van der Waals surface area (Å²) in [6, 6.07) is 0. The number of fused-ring (bicyclic) bond motifs is 2. The molecular weight excluding hydrogens is 260 g/mol. The van der Waals surface area contributed by atoms with E-state index in [-0.39, 0.29) is 12.0 Å². The van der Waals surface area contributed by atoms with Crippen molar-refractivity contribution in [1.82, 2.24) is 9.88 Å². The maximum absolute atomic E-state index is 12.4. The molecule has 1 aromatic heterocycles. The van der Waals surface area contributed by atoms with Gasteiger partial charge in [-0.05, 0) is 24.7 Å². The third kappa shape index (κ3) is 1.96. The number of carbonyl (C=O) groups excluding carboxylic acids is 1. The van der Waals surface area contributed by atoms with Crippen LogP contribution < -0.4 is 4.74 Å². The molecule has 2 heterocycles. The van der Waals surface area contributed by atoms with Crippen LogP contribution in [0.3, 0.4) is 0 Å². The van der Waals surface area contributed by atoms with Gasteiger partial charge in [-0.25, -0.2) is 4.98 Å². The van der Waals surface area contributed by atoms with Gasteiger partial charge in [0.05, 0.1) is 13.1 Å². The summed E-state index contributed by atoms with van der Waals surface area (Å²) in [6.07, 6.45) is 8.62. The smallest absolute Gasteiger partial charge is 0.273 e. The van der Waals surface area contributed by atoms with E-state index in [9.17, 15) is 4.79 Å². The van der Waals surface area contributed by atoms with Gasteiger partial charge in [-0.15, -0.1) is 0 Å². The van der Waals surface area contributed by atoms with Crippen LogP contribution in [0.4, 0.5) is 0 Å². The molecule has 4 nitrogen and oxygen atoms in total. The molecule has 5 heteroatoms. The van der Waals surface area contributed by atoms with E-state index in [2.05, 4.69) is 17.1 Å².